The highest BCUT2D eigenvalue weighted by Crippen LogP contribution is 2.28. The summed E-state index contributed by atoms with van der Waals surface area (Å²) in [6.07, 6.45) is -3.43. The molecular formula is C21H16F4N2O5. The number of anilines is 2. The lowest BCUT2D eigenvalue weighted by Crippen LogP contribution is -2.21. The number of hydrogen-bond donors (Lipinski definition) is 3. The van der Waals surface area contributed by atoms with Crippen LogP contribution < -0.4 is 10.1 Å². The predicted molar refractivity (Wildman–Crippen MR) is 107 cm³/mol. The minimum atomic E-state index is -5.08. The summed E-state index contributed by atoms with van der Waals surface area (Å²) in [5.74, 6) is -3.67. The molecule has 7 nitrogen and oxygen atoms in total. The van der Waals surface area contributed by atoms with Gasteiger partial charge in [-0.2, -0.15) is 13.2 Å². The molecule has 2 aromatic carbocycles. The summed E-state index contributed by atoms with van der Waals surface area (Å²) in [5, 5.41) is 19.5. The summed E-state index contributed by atoms with van der Waals surface area (Å²) in [6.45, 7) is 0. The third-order valence-electron chi connectivity index (χ3n) is 3.89. The van der Waals surface area contributed by atoms with Gasteiger partial charge < -0.3 is 20.3 Å². The third kappa shape index (κ3) is 6.69. The topological polar surface area (TPSA) is 109 Å². The number of nitrogens with zero attached hydrogens (tertiary/aromatic N) is 1. The third-order valence-corrected chi connectivity index (χ3v) is 3.89. The zero-order chi connectivity index (χ0) is 23.9. The number of aliphatic carboxylic acids is 1. The van der Waals surface area contributed by atoms with Crippen molar-refractivity contribution < 1.29 is 42.1 Å². The first-order chi connectivity index (χ1) is 15.0. The van der Waals surface area contributed by atoms with E-state index in [1.54, 1.807) is 36.5 Å². The van der Waals surface area contributed by atoms with Crippen molar-refractivity contribution in [3.63, 3.8) is 0 Å². The maximum atomic E-state index is 13.0. The number of halogens is 4. The number of rotatable bonds is 5. The summed E-state index contributed by atoms with van der Waals surface area (Å²) < 4.78 is 49.8. The first-order valence-electron chi connectivity index (χ1n) is 8.71. The Morgan fingerprint density at radius 2 is 1.56 bits per heavy atom. The molecule has 11 heteroatoms. The highest BCUT2D eigenvalue weighted by atomic mass is 19.4. The molecule has 0 aliphatic carbocycles. The first-order valence-corrected chi connectivity index (χ1v) is 8.71. The van der Waals surface area contributed by atoms with Crippen LogP contribution in [0.3, 0.4) is 0 Å². The van der Waals surface area contributed by atoms with Crippen LogP contribution in [0.4, 0.5) is 28.9 Å². The molecular weight excluding hydrogens is 436 g/mol. The Kier molecular flexibility index (Phi) is 7.72. The van der Waals surface area contributed by atoms with Gasteiger partial charge in [0.2, 0.25) is 5.88 Å². The van der Waals surface area contributed by atoms with E-state index in [0.717, 1.165) is 11.1 Å². The van der Waals surface area contributed by atoms with Gasteiger partial charge >= 0.3 is 18.1 Å². The minimum Gasteiger partial charge on any atom is -0.481 e. The van der Waals surface area contributed by atoms with Crippen molar-refractivity contribution in [1.82, 2.24) is 4.98 Å². The van der Waals surface area contributed by atoms with Crippen molar-refractivity contribution >= 4 is 23.3 Å². The fourth-order valence-corrected chi connectivity index (χ4v) is 2.37. The summed E-state index contributed by atoms with van der Waals surface area (Å²) in [4.78, 5) is 24.5. The van der Waals surface area contributed by atoms with E-state index in [2.05, 4.69) is 10.3 Å². The second-order valence-corrected chi connectivity index (χ2v) is 6.09. The van der Waals surface area contributed by atoms with E-state index < -0.39 is 18.1 Å². The normalized spacial score (nSPS) is 10.5. The van der Waals surface area contributed by atoms with Crippen LogP contribution in [0.5, 0.6) is 5.88 Å². The number of carbonyl (C=O) groups is 2. The van der Waals surface area contributed by atoms with Gasteiger partial charge in [0.15, 0.2) is 0 Å². The van der Waals surface area contributed by atoms with Crippen molar-refractivity contribution in [1.29, 1.82) is 0 Å². The monoisotopic (exact) mass is 452 g/mol. The molecule has 0 saturated heterocycles. The molecule has 1 heterocycles. The van der Waals surface area contributed by atoms with Gasteiger partial charge in [-0.05, 0) is 48.0 Å². The number of hydrogen-bond acceptors (Lipinski definition) is 5. The number of carboxylic acids is 2. The van der Waals surface area contributed by atoms with Crippen LogP contribution in [0.1, 0.15) is 10.4 Å². The van der Waals surface area contributed by atoms with Gasteiger partial charge in [-0.1, -0.05) is 6.07 Å². The van der Waals surface area contributed by atoms with Crippen LogP contribution in [0.2, 0.25) is 0 Å². The Bertz CT molecular complexity index is 1080. The maximum Gasteiger partial charge on any atom is 0.490 e. The molecule has 0 amide bonds. The van der Waals surface area contributed by atoms with Gasteiger partial charge in [-0.3, -0.25) is 0 Å². The summed E-state index contributed by atoms with van der Waals surface area (Å²) in [6, 6.07) is 14.2. The van der Waals surface area contributed by atoms with Crippen LogP contribution in [-0.4, -0.2) is 40.4 Å². The van der Waals surface area contributed by atoms with Crippen LogP contribution in [0.25, 0.3) is 11.1 Å². The number of methoxy groups -OCH3 is 1. The SMILES string of the molecule is COc1ccc(-c2ccc(C(=O)O)c(Nc3ccc(F)cc3)c2)cn1.O=C(O)C(F)(F)F. The summed E-state index contributed by atoms with van der Waals surface area (Å²) in [5.41, 5.74) is 2.74. The number of ether oxygens (including phenoxy) is 1. The molecule has 3 N–H and O–H groups in total. The van der Waals surface area contributed by atoms with Crippen molar-refractivity contribution in [2.75, 3.05) is 12.4 Å². The molecule has 0 bridgehead atoms. The molecule has 0 spiro atoms. The summed E-state index contributed by atoms with van der Waals surface area (Å²) >= 11 is 0. The lowest BCUT2D eigenvalue weighted by atomic mass is 10.0. The van der Waals surface area contributed by atoms with Crippen LogP contribution in [-0.2, 0) is 4.79 Å². The predicted octanol–water partition coefficient (Wildman–Crippen LogP) is 4.97. The fourth-order valence-electron chi connectivity index (χ4n) is 2.37. The number of carboxylic acid groups (broad SMARTS) is 2. The quantitative estimate of drug-likeness (QED) is 0.469. The highest BCUT2D eigenvalue weighted by molar-refractivity contribution is 5.96. The van der Waals surface area contributed by atoms with Crippen LogP contribution in [0.15, 0.2) is 60.8 Å². The average molecular weight is 452 g/mol. The van der Waals surface area contributed by atoms with Crippen LogP contribution in [0, 0.1) is 5.82 Å². The first kappa shape index (κ1) is 24.1. The molecule has 0 radical (unpaired) electrons. The van der Waals surface area contributed by atoms with E-state index in [0.29, 0.717) is 17.3 Å². The van der Waals surface area contributed by atoms with Crippen LogP contribution >= 0.6 is 0 Å². The lowest BCUT2D eigenvalue weighted by molar-refractivity contribution is -0.192. The molecule has 0 aliphatic rings. The number of nitrogens with one attached hydrogen (secondary N) is 1. The Morgan fingerprint density at radius 3 is 2.03 bits per heavy atom. The Hall–Kier alpha value is -4.15. The molecule has 3 aromatic rings. The van der Waals surface area contributed by atoms with Gasteiger partial charge in [-0.25, -0.2) is 19.0 Å². The van der Waals surface area contributed by atoms with E-state index in [1.165, 1.54) is 25.3 Å². The van der Waals surface area contributed by atoms with E-state index in [1.807, 2.05) is 6.07 Å². The number of pyridine rings is 1. The molecule has 0 saturated carbocycles. The van der Waals surface area contributed by atoms with Crippen molar-refractivity contribution in [3.05, 3.63) is 72.2 Å². The molecule has 3 rings (SSSR count). The Balaban J connectivity index is 0.000000451. The molecule has 1 aromatic heterocycles. The van der Waals surface area contributed by atoms with Gasteiger partial charge in [0.1, 0.15) is 5.82 Å². The standard InChI is InChI=1S/C19H15FN2O3.C2HF3O2/c1-25-18-9-3-13(11-21-18)12-2-8-16(19(23)24)17(10-12)22-15-6-4-14(20)5-7-15;3-2(4,5)1(6)7/h2-11,22H,1H3,(H,23,24);(H,6,7). The fraction of sp³-hybridized carbons (Fsp3) is 0.0952. The van der Waals surface area contributed by atoms with Crippen molar-refractivity contribution in [2.24, 2.45) is 0 Å². The van der Waals surface area contributed by atoms with Gasteiger partial charge in [0.05, 0.1) is 18.4 Å². The Morgan fingerprint density at radius 1 is 0.969 bits per heavy atom. The molecule has 32 heavy (non-hydrogen) atoms. The van der Waals surface area contributed by atoms with Crippen molar-refractivity contribution in [3.8, 4) is 17.0 Å². The second-order valence-electron chi connectivity index (χ2n) is 6.09. The second kappa shape index (κ2) is 10.2. The minimum absolute atomic E-state index is 0.120. The van der Waals surface area contributed by atoms with E-state index >= 15 is 0 Å². The smallest absolute Gasteiger partial charge is 0.481 e. The number of benzene rings is 2. The number of aromatic nitrogens is 1. The lowest BCUT2D eigenvalue weighted by Gasteiger charge is -2.12. The van der Waals surface area contributed by atoms with Gasteiger partial charge in [-0.15, -0.1) is 0 Å². The molecule has 0 unspecified atom stereocenters. The number of aromatic carboxylic acids is 1. The zero-order valence-corrected chi connectivity index (χ0v) is 16.4. The van der Waals surface area contributed by atoms with Gasteiger partial charge in [0.25, 0.3) is 0 Å². The van der Waals surface area contributed by atoms with E-state index in [-0.39, 0.29) is 11.4 Å². The Labute approximate surface area is 178 Å². The molecule has 168 valence electrons. The van der Waals surface area contributed by atoms with E-state index in [9.17, 15) is 27.5 Å². The average Bonchev–Trinajstić information content (AvgIpc) is 2.75. The van der Waals surface area contributed by atoms with Gasteiger partial charge in [0, 0.05) is 23.5 Å². The summed E-state index contributed by atoms with van der Waals surface area (Å²) in [7, 11) is 1.54. The largest absolute Gasteiger partial charge is 0.490 e. The molecule has 0 aliphatic heterocycles. The molecule has 0 atom stereocenters. The zero-order valence-electron chi connectivity index (χ0n) is 16.4. The van der Waals surface area contributed by atoms with Crippen molar-refractivity contribution in [2.45, 2.75) is 6.18 Å². The number of alkyl halides is 3. The van der Waals surface area contributed by atoms with E-state index in [4.69, 9.17) is 14.6 Å². The maximum absolute atomic E-state index is 13.0. The highest BCUT2D eigenvalue weighted by Gasteiger charge is 2.38. The molecule has 0 fully saturated rings.